The number of fused-ring (bicyclic) bond motifs is 1. The fourth-order valence-electron chi connectivity index (χ4n) is 3.04. The van der Waals surface area contributed by atoms with Gasteiger partial charge in [-0.25, -0.2) is 0 Å². The summed E-state index contributed by atoms with van der Waals surface area (Å²) in [6.45, 7) is 3.61. The molecular weight excluding hydrogens is 370 g/mol. The average Bonchev–Trinajstić information content (AvgIpc) is 3.58. The van der Waals surface area contributed by atoms with Crippen molar-refractivity contribution in [1.82, 2.24) is 5.32 Å². The smallest absolute Gasteiger partial charge is 0.262 e. The second-order valence-corrected chi connectivity index (χ2v) is 6.59. The minimum Gasteiger partial charge on any atom is -0.394 e. The molecule has 0 unspecified atom stereocenters. The predicted molar refractivity (Wildman–Crippen MR) is 111 cm³/mol. The van der Waals surface area contributed by atoms with E-state index in [4.69, 9.17) is 14.6 Å². The lowest BCUT2D eigenvalue weighted by molar-refractivity contribution is -0.117. The molecule has 2 aromatic carbocycles. The Bertz CT molecular complexity index is 916. The quantitative estimate of drug-likeness (QED) is 0.260. The fraction of sp³-hybridized carbons (Fsp3) is 0.364. The van der Waals surface area contributed by atoms with Crippen molar-refractivity contribution in [3.05, 3.63) is 47.5 Å². The fourth-order valence-corrected chi connectivity index (χ4v) is 3.04. The number of aliphatic hydroxyl groups excluding tert-OH is 1. The molecule has 0 saturated carbocycles. The lowest BCUT2D eigenvalue weighted by Gasteiger charge is -2.12. The molecule has 2 N–H and O–H groups in total. The Labute approximate surface area is 170 Å². The zero-order valence-corrected chi connectivity index (χ0v) is 16.3. The number of hydrogen-bond acceptors (Lipinski definition) is 6. The Hall–Kier alpha value is -2.92. The number of amides is 1. The van der Waals surface area contributed by atoms with Gasteiger partial charge in [-0.1, -0.05) is 36.4 Å². The summed E-state index contributed by atoms with van der Waals surface area (Å²) in [5, 5.41) is 23.0. The molecule has 0 bridgehead atoms. The van der Waals surface area contributed by atoms with Gasteiger partial charge in [0.2, 0.25) is 0 Å². The standard InChI is InChI=1S/C22H25N3O4/c23-16-19(22(27)24-7-11-28-13-14-29-12-10-26)15-18-6-5-17-3-1-2-4-20(17)21(18)25-8-9-25/h1-6,15,26H,7-14H2,(H,24,27)/b19-15+. The van der Waals surface area contributed by atoms with Gasteiger partial charge in [-0.15, -0.1) is 0 Å². The summed E-state index contributed by atoms with van der Waals surface area (Å²) in [4.78, 5) is 14.6. The third-order valence-electron chi connectivity index (χ3n) is 4.50. The minimum absolute atomic E-state index is 0.0178. The number of ether oxygens (including phenoxy) is 2. The first-order valence-corrected chi connectivity index (χ1v) is 9.67. The van der Waals surface area contributed by atoms with Gasteiger partial charge < -0.3 is 24.8 Å². The zero-order chi connectivity index (χ0) is 20.5. The van der Waals surface area contributed by atoms with Crippen LogP contribution in [0.2, 0.25) is 0 Å². The highest BCUT2D eigenvalue weighted by atomic mass is 16.5. The van der Waals surface area contributed by atoms with Crippen molar-refractivity contribution >= 4 is 28.4 Å². The van der Waals surface area contributed by atoms with Crippen molar-refractivity contribution in [2.45, 2.75) is 0 Å². The molecule has 2 aromatic rings. The van der Waals surface area contributed by atoms with Crippen LogP contribution in [0, 0.1) is 11.3 Å². The van der Waals surface area contributed by atoms with Crippen LogP contribution in [-0.4, -0.2) is 63.7 Å². The van der Waals surface area contributed by atoms with Gasteiger partial charge in [0.15, 0.2) is 0 Å². The molecule has 152 valence electrons. The van der Waals surface area contributed by atoms with E-state index in [0.717, 1.165) is 35.1 Å². The summed E-state index contributed by atoms with van der Waals surface area (Å²) in [6, 6.07) is 14.1. The van der Waals surface area contributed by atoms with E-state index in [1.54, 1.807) is 6.08 Å². The Morgan fingerprint density at radius 3 is 2.62 bits per heavy atom. The SMILES string of the molecule is N#C/C(=C\c1ccc2ccccc2c1N1CC1)C(=O)NCCOCCOCCO. The van der Waals surface area contributed by atoms with Crippen LogP contribution in [0.25, 0.3) is 16.8 Å². The third-order valence-corrected chi connectivity index (χ3v) is 4.50. The molecule has 1 saturated heterocycles. The van der Waals surface area contributed by atoms with Gasteiger partial charge in [0.25, 0.3) is 5.91 Å². The van der Waals surface area contributed by atoms with Gasteiger partial charge in [0, 0.05) is 25.0 Å². The molecule has 1 aliphatic heterocycles. The number of nitrogens with zero attached hydrogens (tertiary/aromatic N) is 2. The van der Waals surface area contributed by atoms with Crippen LogP contribution < -0.4 is 10.2 Å². The molecule has 29 heavy (non-hydrogen) atoms. The van der Waals surface area contributed by atoms with Gasteiger partial charge in [-0.05, 0) is 17.0 Å². The van der Waals surface area contributed by atoms with Gasteiger partial charge in [0.1, 0.15) is 11.6 Å². The lowest BCUT2D eigenvalue weighted by atomic mass is 10.0. The van der Waals surface area contributed by atoms with Gasteiger partial charge >= 0.3 is 0 Å². The van der Waals surface area contributed by atoms with Crippen LogP contribution in [0.4, 0.5) is 5.69 Å². The van der Waals surface area contributed by atoms with Crippen molar-refractivity contribution in [1.29, 1.82) is 5.26 Å². The molecule has 0 atom stereocenters. The number of carbonyl (C=O) groups is 1. The first-order chi connectivity index (χ1) is 14.2. The number of rotatable bonds is 11. The number of hydrogen-bond donors (Lipinski definition) is 2. The monoisotopic (exact) mass is 395 g/mol. The molecule has 1 fully saturated rings. The number of nitrogens with one attached hydrogen (secondary N) is 1. The van der Waals surface area contributed by atoms with Crippen molar-refractivity contribution in [3.63, 3.8) is 0 Å². The first-order valence-electron chi connectivity index (χ1n) is 9.67. The Morgan fingerprint density at radius 2 is 1.90 bits per heavy atom. The van der Waals surface area contributed by atoms with Crippen molar-refractivity contribution in [2.75, 3.05) is 57.6 Å². The second-order valence-electron chi connectivity index (χ2n) is 6.59. The second kappa shape index (κ2) is 10.6. The van der Waals surface area contributed by atoms with E-state index in [1.165, 1.54) is 0 Å². The normalized spacial score (nSPS) is 13.4. The van der Waals surface area contributed by atoms with Crippen LogP contribution in [0.3, 0.4) is 0 Å². The van der Waals surface area contributed by atoms with Crippen LogP contribution in [-0.2, 0) is 14.3 Å². The Morgan fingerprint density at radius 1 is 1.14 bits per heavy atom. The van der Waals surface area contributed by atoms with Crippen LogP contribution in [0.15, 0.2) is 42.0 Å². The predicted octanol–water partition coefficient (Wildman–Crippen LogP) is 1.71. The number of aliphatic hydroxyl groups is 1. The maximum absolute atomic E-state index is 12.4. The molecule has 0 spiro atoms. The summed E-state index contributed by atoms with van der Waals surface area (Å²) < 4.78 is 10.4. The Balaban J connectivity index is 1.62. The van der Waals surface area contributed by atoms with Gasteiger partial charge in [0.05, 0.1) is 38.7 Å². The molecule has 0 radical (unpaired) electrons. The first kappa shape index (κ1) is 20.8. The van der Waals surface area contributed by atoms with Crippen LogP contribution in [0.1, 0.15) is 5.56 Å². The number of anilines is 1. The van der Waals surface area contributed by atoms with E-state index >= 15 is 0 Å². The van der Waals surface area contributed by atoms with E-state index in [0.29, 0.717) is 26.4 Å². The summed E-state index contributed by atoms with van der Waals surface area (Å²) in [6.07, 6.45) is 1.65. The van der Waals surface area contributed by atoms with Crippen molar-refractivity contribution < 1.29 is 19.4 Å². The highest BCUT2D eigenvalue weighted by Gasteiger charge is 2.23. The van der Waals surface area contributed by atoms with E-state index in [2.05, 4.69) is 22.3 Å². The summed E-state index contributed by atoms with van der Waals surface area (Å²) in [5.41, 5.74) is 2.00. The lowest BCUT2D eigenvalue weighted by Crippen LogP contribution is -2.28. The molecule has 7 nitrogen and oxygen atoms in total. The molecular formula is C22H25N3O4. The van der Waals surface area contributed by atoms with Crippen molar-refractivity contribution in [3.8, 4) is 6.07 Å². The third kappa shape index (κ3) is 5.78. The zero-order valence-electron chi connectivity index (χ0n) is 16.3. The van der Waals surface area contributed by atoms with Crippen LogP contribution in [0.5, 0.6) is 0 Å². The minimum atomic E-state index is -0.419. The van der Waals surface area contributed by atoms with E-state index in [1.807, 2.05) is 30.3 Å². The van der Waals surface area contributed by atoms with Gasteiger partial charge in [-0.3, -0.25) is 4.79 Å². The maximum Gasteiger partial charge on any atom is 0.262 e. The number of benzene rings is 2. The average molecular weight is 395 g/mol. The largest absolute Gasteiger partial charge is 0.394 e. The highest BCUT2D eigenvalue weighted by Crippen LogP contribution is 2.35. The topological polar surface area (TPSA) is 94.6 Å². The molecule has 1 heterocycles. The number of carbonyl (C=O) groups excluding carboxylic acids is 1. The van der Waals surface area contributed by atoms with E-state index in [-0.39, 0.29) is 18.8 Å². The molecule has 3 rings (SSSR count). The summed E-state index contributed by atoms with van der Waals surface area (Å²) in [7, 11) is 0. The van der Waals surface area contributed by atoms with Crippen molar-refractivity contribution in [2.24, 2.45) is 0 Å². The molecule has 1 amide bonds. The number of nitriles is 1. The molecule has 7 heteroatoms. The highest BCUT2D eigenvalue weighted by molar-refractivity contribution is 6.05. The molecule has 0 aliphatic carbocycles. The molecule has 1 aliphatic rings. The van der Waals surface area contributed by atoms with Crippen LogP contribution >= 0.6 is 0 Å². The van der Waals surface area contributed by atoms with E-state index < -0.39 is 5.91 Å². The molecule has 0 aromatic heterocycles. The summed E-state index contributed by atoms with van der Waals surface area (Å²) in [5.74, 6) is -0.419. The summed E-state index contributed by atoms with van der Waals surface area (Å²) >= 11 is 0. The maximum atomic E-state index is 12.4. The Kier molecular flexibility index (Phi) is 7.59. The van der Waals surface area contributed by atoms with E-state index in [9.17, 15) is 10.1 Å². The van der Waals surface area contributed by atoms with Gasteiger partial charge in [-0.2, -0.15) is 5.26 Å².